The van der Waals surface area contributed by atoms with Crippen molar-refractivity contribution in [3.05, 3.63) is 90.4 Å². The van der Waals surface area contributed by atoms with Crippen LogP contribution in [0.3, 0.4) is 0 Å². The van der Waals surface area contributed by atoms with Crippen LogP contribution in [0.4, 0.5) is 0 Å². The Morgan fingerprint density at radius 2 is 1.69 bits per heavy atom. The minimum atomic E-state index is 0.0695. The van der Waals surface area contributed by atoms with Crippen LogP contribution in [0.15, 0.2) is 83.4 Å². The molecule has 0 saturated carbocycles. The summed E-state index contributed by atoms with van der Waals surface area (Å²) in [7, 11) is 0. The second-order valence-corrected chi connectivity index (χ2v) is 7.08. The Morgan fingerprint density at radius 3 is 2.59 bits per heavy atom. The molecule has 4 aromatic rings. The molecular weight excluding hydrogens is 360 g/mol. The van der Waals surface area contributed by atoms with Gasteiger partial charge in [0.15, 0.2) is 11.7 Å². The van der Waals surface area contributed by atoms with E-state index in [2.05, 4.69) is 46.7 Å². The highest BCUT2D eigenvalue weighted by Gasteiger charge is 2.08. The van der Waals surface area contributed by atoms with Crippen LogP contribution in [-0.4, -0.2) is 17.4 Å². The number of hydrogen-bond acceptors (Lipinski definition) is 3. The molecule has 4 nitrogen and oxygen atoms in total. The van der Waals surface area contributed by atoms with Crippen molar-refractivity contribution in [2.75, 3.05) is 6.54 Å². The average molecular weight is 384 g/mol. The highest BCUT2D eigenvalue weighted by atomic mass is 16.4. The Hall–Kier alpha value is -3.40. The topological polar surface area (TPSA) is 55.1 Å². The highest BCUT2D eigenvalue weighted by molar-refractivity contribution is 5.85. The molecule has 3 aromatic carbocycles. The molecular formula is C25H24N2O2. The second-order valence-electron chi connectivity index (χ2n) is 7.08. The third-order valence-electron chi connectivity index (χ3n) is 5.00. The van der Waals surface area contributed by atoms with Gasteiger partial charge < -0.3 is 9.73 Å². The van der Waals surface area contributed by atoms with Gasteiger partial charge >= 0.3 is 0 Å². The van der Waals surface area contributed by atoms with Crippen LogP contribution in [0.25, 0.3) is 22.1 Å². The van der Waals surface area contributed by atoms with Crippen molar-refractivity contribution >= 4 is 16.7 Å². The zero-order chi connectivity index (χ0) is 19.9. The van der Waals surface area contributed by atoms with Crippen LogP contribution >= 0.6 is 0 Å². The van der Waals surface area contributed by atoms with Crippen LogP contribution in [0.1, 0.15) is 24.3 Å². The molecule has 0 spiro atoms. The Labute approximate surface area is 170 Å². The van der Waals surface area contributed by atoms with Crippen molar-refractivity contribution < 1.29 is 9.21 Å². The first kappa shape index (κ1) is 18.9. The maximum absolute atomic E-state index is 12.2. The highest BCUT2D eigenvalue weighted by Crippen LogP contribution is 2.21. The first-order valence-electron chi connectivity index (χ1n) is 10.0. The number of hydrogen-bond donors (Lipinski definition) is 1. The van der Waals surface area contributed by atoms with Crippen molar-refractivity contribution in [2.45, 2.75) is 25.7 Å². The Morgan fingerprint density at radius 1 is 0.897 bits per heavy atom. The molecule has 0 aliphatic heterocycles. The number of carbonyl (C=O) groups excluding carboxylic acids is 1. The Balaban J connectivity index is 1.21. The lowest BCUT2D eigenvalue weighted by molar-refractivity contribution is -0.121. The fourth-order valence-corrected chi connectivity index (χ4v) is 3.50. The molecule has 0 unspecified atom stereocenters. The van der Waals surface area contributed by atoms with Gasteiger partial charge in [-0.05, 0) is 29.2 Å². The Kier molecular flexibility index (Phi) is 6.01. The number of oxazole rings is 1. The van der Waals surface area contributed by atoms with Gasteiger partial charge in [0, 0.05) is 24.9 Å². The largest absolute Gasteiger partial charge is 0.441 e. The molecule has 1 aromatic heterocycles. The van der Waals surface area contributed by atoms with Gasteiger partial charge in [-0.3, -0.25) is 4.79 Å². The van der Waals surface area contributed by atoms with E-state index >= 15 is 0 Å². The molecule has 1 amide bonds. The standard InChI is InChI=1S/C25H24N2O2/c28-24(26-17-16-20-12-6-11-19-8-4-5-13-22(19)20)14-7-15-25-27-18-23(29-25)21-9-2-1-3-10-21/h1-6,8-13,18H,7,14-17H2,(H,26,28). The summed E-state index contributed by atoms with van der Waals surface area (Å²) in [5, 5.41) is 5.51. The zero-order valence-corrected chi connectivity index (χ0v) is 16.3. The van der Waals surface area contributed by atoms with Crippen molar-refractivity contribution in [3.63, 3.8) is 0 Å². The van der Waals surface area contributed by atoms with Crippen LogP contribution in [0.2, 0.25) is 0 Å². The first-order valence-corrected chi connectivity index (χ1v) is 10.0. The lowest BCUT2D eigenvalue weighted by atomic mass is 10.0. The quantitative estimate of drug-likeness (QED) is 0.456. The third-order valence-corrected chi connectivity index (χ3v) is 5.00. The summed E-state index contributed by atoms with van der Waals surface area (Å²) in [4.78, 5) is 16.5. The van der Waals surface area contributed by atoms with Crippen molar-refractivity contribution in [1.82, 2.24) is 10.3 Å². The fraction of sp³-hybridized carbons (Fsp3) is 0.200. The maximum Gasteiger partial charge on any atom is 0.220 e. The molecule has 4 rings (SSSR count). The van der Waals surface area contributed by atoms with Gasteiger partial charge in [0.2, 0.25) is 5.91 Å². The molecule has 29 heavy (non-hydrogen) atoms. The van der Waals surface area contributed by atoms with Gasteiger partial charge in [-0.25, -0.2) is 4.98 Å². The summed E-state index contributed by atoms with van der Waals surface area (Å²) in [6.07, 6.45) is 4.42. The predicted molar refractivity (Wildman–Crippen MR) is 116 cm³/mol. The van der Waals surface area contributed by atoms with Crippen LogP contribution in [-0.2, 0) is 17.6 Å². The number of nitrogens with zero attached hydrogens (tertiary/aromatic N) is 1. The number of nitrogens with one attached hydrogen (secondary N) is 1. The summed E-state index contributed by atoms with van der Waals surface area (Å²) < 4.78 is 5.79. The fourth-order valence-electron chi connectivity index (χ4n) is 3.50. The molecule has 0 aliphatic rings. The molecule has 146 valence electrons. The van der Waals surface area contributed by atoms with E-state index in [1.807, 2.05) is 36.4 Å². The third kappa shape index (κ3) is 4.91. The number of benzene rings is 3. The van der Waals surface area contributed by atoms with E-state index in [0.29, 0.717) is 25.3 Å². The van der Waals surface area contributed by atoms with E-state index in [1.165, 1.54) is 16.3 Å². The van der Waals surface area contributed by atoms with Gasteiger partial charge in [0.05, 0.1) is 6.20 Å². The lowest BCUT2D eigenvalue weighted by Crippen LogP contribution is -2.25. The molecule has 0 saturated heterocycles. The number of aryl methyl sites for hydroxylation is 1. The van der Waals surface area contributed by atoms with Gasteiger partial charge in [-0.2, -0.15) is 0 Å². The van der Waals surface area contributed by atoms with Crippen molar-refractivity contribution in [3.8, 4) is 11.3 Å². The maximum atomic E-state index is 12.2. The SMILES string of the molecule is O=C(CCCc1ncc(-c2ccccc2)o1)NCCc1cccc2ccccc12. The van der Waals surface area contributed by atoms with Gasteiger partial charge in [-0.1, -0.05) is 72.8 Å². The van der Waals surface area contributed by atoms with Crippen molar-refractivity contribution in [1.29, 1.82) is 0 Å². The molecule has 0 radical (unpaired) electrons. The predicted octanol–water partition coefficient (Wildman–Crippen LogP) is 5.18. The molecule has 0 bridgehead atoms. The van der Waals surface area contributed by atoms with E-state index in [4.69, 9.17) is 4.42 Å². The van der Waals surface area contributed by atoms with Gasteiger partial charge in [0.25, 0.3) is 0 Å². The lowest BCUT2D eigenvalue weighted by Gasteiger charge is -2.08. The zero-order valence-electron chi connectivity index (χ0n) is 16.3. The molecule has 1 N–H and O–H groups in total. The molecule has 0 atom stereocenters. The number of rotatable bonds is 8. The Bertz CT molecular complexity index is 1080. The monoisotopic (exact) mass is 384 g/mol. The van der Waals surface area contributed by atoms with Crippen LogP contribution in [0, 0.1) is 0 Å². The number of carbonyl (C=O) groups is 1. The summed E-state index contributed by atoms with van der Waals surface area (Å²) in [6, 6.07) is 24.6. The van der Waals surface area contributed by atoms with E-state index in [9.17, 15) is 4.79 Å². The summed E-state index contributed by atoms with van der Waals surface area (Å²) >= 11 is 0. The molecule has 0 fully saturated rings. The summed E-state index contributed by atoms with van der Waals surface area (Å²) in [5.74, 6) is 1.51. The van der Waals surface area contributed by atoms with E-state index in [-0.39, 0.29) is 5.91 Å². The summed E-state index contributed by atoms with van der Waals surface area (Å²) in [5.41, 5.74) is 2.27. The van der Waals surface area contributed by atoms with Crippen LogP contribution < -0.4 is 5.32 Å². The van der Waals surface area contributed by atoms with Gasteiger partial charge in [0.1, 0.15) is 0 Å². The minimum absolute atomic E-state index is 0.0695. The molecule has 0 aliphatic carbocycles. The number of aromatic nitrogens is 1. The normalized spacial score (nSPS) is 10.9. The number of fused-ring (bicyclic) bond motifs is 1. The van der Waals surface area contributed by atoms with E-state index in [0.717, 1.165) is 24.2 Å². The van der Waals surface area contributed by atoms with E-state index in [1.54, 1.807) is 6.20 Å². The summed E-state index contributed by atoms with van der Waals surface area (Å²) in [6.45, 7) is 0.643. The number of amides is 1. The first-order chi connectivity index (χ1) is 14.3. The minimum Gasteiger partial charge on any atom is -0.441 e. The molecule has 1 heterocycles. The average Bonchev–Trinajstić information content (AvgIpc) is 3.23. The van der Waals surface area contributed by atoms with Crippen molar-refractivity contribution in [2.24, 2.45) is 0 Å². The second kappa shape index (κ2) is 9.20. The molecule has 4 heteroatoms. The smallest absolute Gasteiger partial charge is 0.220 e. The van der Waals surface area contributed by atoms with Gasteiger partial charge in [-0.15, -0.1) is 0 Å². The van der Waals surface area contributed by atoms with Crippen LogP contribution in [0.5, 0.6) is 0 Å². The van der Waals surface area contributed by atoms with E-state index < -0.39 is 0 Å².